The Morgan fingerprint density at radius 3 is 2.52 bits per heavy atom. The van der Waals surface area contributed by atoms with E-state index in [9.17, 15) is 4.79 Å². The van der Waals surface area contributed by atoms with Gasteiger partial charge in [-0.2, -0.15) is 5.26 Å². The predicted octanol–water partition coefficient (Wildman–Crippen LogP) is 3.20. The molecule has 0 saturated carbocycles. The lowest BCUT2D eigenvalue weighted by molar-refractivity contribution is -0.130. The summed E-state index contributed by atoms with van der Waals surface area (Å²) in [5.41, 5.74) is 4.58. The second-order valence-electron chi connectivity index (χ2n) is 6.35. The second kappa shape index (κ2) is 6.40. The van der Waals surface area contributed by atoms with Crippen molar-refractivity contribution < 1.29 is 4.79 Å². The molecule has 1 aromatic heterocycles. The van der Waals surface area contributed by atoms with Gasteiger partial charge in [0.25, 0.3) is 0 Å². The molecule has 1 amide bonds. The molecule has 0 atom stereocenters. The molecule has 3 aromatic rings. The molecule has 1 aliphatic rings. The Kier molecular flexibility index (Phi) is 3.95. The van der Waals surface area contributed by atoms with Crippen LogP contribution >= 0.6 is 0 Å². The summed E-state index contributed by atoms with van der Waals surface area (Å²) >= 11 is 0. The minimum atomic E-state index is 0.160. The van der Waals surface area contributed by atoms with Crippen molar-refractivity contribution in [1.29, 1.82) is 5.26 Å². The third-order valence-corrected chi connectivity index (χ3v) is 4.73. The number of nitriles is 1. The van der Waals surface area contributed by atoms with Gasteiger partial charge in [-0.15, -0.1) is 0 Å². The van der Waals surface area contributed by atoms with Gasteiger partial charge >= 0.3 is 0 Å². The number of likely N-dealkylation sites (tertiary alicyclic amines) is 1. The third-order valence-electron chi connectivity index (χ3n) is 4.73. The highest BCUT2D eigenvalue weighted by Crippen LogP contribution is 2.24. The van der Waals surface area contributed by atoms with Gasteiger partial charge in [-0.3, -0.25) is 4.79 Å². The normalized spacial score (nSPS) is 14.0. The van der Waals surface area contributed by atoms with Crippen LogP contribution in [0.15, 0.2) is 48.8 Å². The van der Waals surface area contributed by atoms with E-state index in [0.717, 1.165) is 48.1 Å². The zero-order valence-electron chi connectivity index (χ0n) is 13.9. The van der Waals surface area contributed by atoms with Crippen molar-refractivity contribution in [3.63, 3.8) is 0 Å². The van der Waals surface area contributed by atoms with Crippen molar-refractivity contribution in [3.05, 3.63) is 54.4 Å². The SMILES string of the molecule is N#Cc1ccc(-c2ccc3c(c2)ncn3CC(=O)N2CCCC2)cc1. The highest BCUT2D eigenvalue weighted by atomic mass is 16.2. The van der Waals surface area contributed by atoms with Crippen LogP contribution < -0.4 is 0 Å². The number of hydrogen-bond donors (Lipinski definition) is 0. The van der Waals surface area contributed by atoms with E-state index in [1.165, 1.54) is 0 Å². The highest BCUT2D eigenvalue weighted by Gasteiger charge is 2.18. The van der Waals surface area contributed by atoms with Crippen molar-refractivity contribution in [2.24, 2.45) is 0 Å². The topological polar surface area (TPSA) is 61.9 Å². The van der Waals surface area contributed by atoms with Crippen LogP contribution in [-0.4, -0.2) is 33.4 Å². The number of aromatic nitrogens is 2. The van der Waals surface area contributed by atoms with Gasteiger partial charge < -0.3 is 9.47 Å². The van der Waals surface area contributed by atoms with E-state index in [-0.39, 0.29) is 5.91 Å². The van der Waals surface area contributed by atoms with E-state index >= 15 is 0 Å². The number of carbonyl (C=O) groups excluding carboxylic acids is 1. The van der Waals surface area contributed by atoms with E-state index in [4.69, 9.17) is 5.26 Å². The molecule has 1 fully saturated rings. The van der Waals surface area contributed by atoms with E-state index in [0.29, 0.717) is 12.1 Å². The molecule has 0 radical (unpaired) electrons. The van der Waals surface area contributed by atoms with Crippen LogP contribution in [0.3, 0.4) is 0 Å². The Bertz CT molecular complexity index is 960. The zero-order valence-corrected chi connectivity index (χ0v) is 13.9. The quantitative estimate of drug-likeness (QED) is 0.741. The Morgan fingerprint density at radius 2 is 1.80 bits per heavy atom. The Labute approximate surface area is 146 Å². The van der Waals surface area contributed by atoms with Crippen LogP contribution in [-0.2, 0) is 11.3 Å². The molecule has 1 saturated heterocycles. The summed E-state index contributed by atoms with van der Waals surface area (Å²) in [5, 5.41) is 8.90. The number of benzene rings is 2. The van der Waals surface area contributed by atoms with Crippen LogP contribution in [0.1, 0.15) is 18.4 Å². The third kappa shape index (κ3) is 2.99. The molecule has 25 heavy (non-hydrogen) atoms. The summed E-state index contributed by atoms with van der Waals surface area (Å²) in [6.45, 7) is 2.08. The summed E-state index contributed by atoms with van der Waals surface area (Å²) in [7, 11) is 0. The molecule has 0 aliphatic carbocycles. The molecule has 0 N–H and O–H groups in total. The lowest BCUT2D eigenvalue weighted by atomic mass is 10.0. The molecule has 2 heterocycles. The van der Waals surface area contributed by atoms with Crippen molar-refractivity contribution in [2.45, 2.75) is 19.4 Å². The first kappa shape index (κ1) is 15.4. The summed E-state index contributed by atoms with van der Waals surface area (Å²) < 4.78 is 1.92. The first-order valence-corrected chi connectivity index (χ1v) is 8.48. The van der Waals surface area contributed by atoms with E-state index in [1.807, 2.05) is 51.9 Å². The number of nitrogens with zero attached hydrogens (tertiary/aromatic N) is 4. The molecule has 0 bridgehead atoms. The summed E-state index contributed by atoms with van der Waals surface area (Å²) in [4.78, 5) is 18.7. The van der Waals surface area contributed by atoms with Gasteiger partial charge in [0.15, 0.2) is 0 Å². The van der Waals surface area contributed by atoms with Gasteiger partial charge in [0.1, 0.15) is 6.54 Å². The van der Waals surface area contributed by atoms with Crippen LogP contribution in [0.5, 0.6) is 0 Å². The summed E-state index contributed by atoms with van der Waals surface area (Å²) in [6.07, 6.45) is 3.94. The molecular formula is C20H18N4O. The molecule has 4 rings (SSSR count). The van der Waals surface area contributed by atoms with Gasteiger partial charge in [-0.25, -0.2) is 4.98 Å². The average molecular weight is 330 g/mol. The molecule has 2 aromatic carbocycles. The molecule has 124 valence electrons. The average Bonchev–Trinajstić information content (AvgIpc) is 3.32. The fraction of sp³-hybridized carbons (Fsp3) is 0.250. The standard InChI is InChI=1S/C20H18N4O/c21-12-15-3-5-16(6-4-15)17-7-8-19-18(11-17)22-14-24(19)13-20(25)23-9-1-2-10-23/h3-8,11,14H,1-2,9-10,13H2. The Morgan fingerprint density at radius 1 is 1.08 bits per heavy atom. The molecular weight excluding hydrogens is 312 g/mol. The molecule has 1 aliphatic heterocycles. The predicted molar refractivity (Wildman–Crippen MR) is 95.7 cm³/mol. The van der Waals surface area contributed by atoms with Crippen LogP contribution in [0.4, 0.5) is 0 Å². The maximum absolute atomic E-state index is 12.4. The smallest absolute Gasteiger partial charge is 0.242 e. The van der Waals surface area contributed by atoms with Gasteiger partial charge in [-0.05, 0) is 48.2 Å². The zero-order chi connectivity index (χ0) is 17.2. The Hall–Kier alpha value is -3.13. The van der Waals surface area contributed by atoms with Crippen molar-refractivity contribution in [1.82, 2.24) is 14.5 Å². The minimum Gasteiger partial charge on any atom is -0.341 e. The van der Waals surface area contributed by atoms with E-state index < -0.39 is 0 Å². The number of hydrogen-bond acceptors (Lipinski definition) is 3. The Balaban J connectivity index is 1.60. The molecule has 5 nitrogen and oxygen atoms in total. The van der Waals surface area contributed by atoms with Gasteiger partial charge in [0.05, 0.1) is 29.0 Å². The monoisotopic (exact) mass is 330 g/mol. The molecule has 0 unspecified atom stereocenters. The molecule has 5 heteroatoms. The fourth-order valence-corrected chi connectivity index (χ4v) is 3.32. The van der Waals surface area contributed by atoms with Crippen LogP contribution in [0.2, 0.25) is 0 Å². The van der Waals surface area contributed by atoms with Crippen LogP contribution in [0.25, 0.3) is 22.2 Å². The highest BCUT2D eigenvalue weighted by molar-refractivity contribution is 5.84. The lowest BCUT2D eigenvalue weighted by Gasteiger charge is -2.15. The summed E-state index contributed by atoms with van der Waals surface area (Å²) in [5.74, 6) is 0.160. The van der Waals surface area contributed by atoms with E-state index in [1.54, 1.807) is 6.33 Å². The maximum atomic E-state index is 12.4. The first-order chi connectivity index (χ1) is 12.2. The van der Waals surface area contributed by atoms with Crippen molar-refractivity contribution in [3.8, 4) is 17.2 Å². The van der Waals surface area contributed by atoms with Crippen molar-refractivity contribution in [2.75, 3.05) is 13.1 Å². The largest absolute Gasteiger partial charge is 0.341 e. The van der Waals surface area contributed by atoms with Gasteiger partial charge in [0.2, 0.25) is 5.91 Å². The fourth-order valence-electron chi connectivity index (χ4n) is 3.32. The molecule has 0 spiro atoms. The lowest BCUT2D eigenvalue weighted by Crippen LogP contribution is -2.30. The maximum Gasteiger partial charge on any atom is 0.242 e. The van der Waals surface area contributed by atoms with E-state index in [2.05, 4.69) is 11.1 Å². The van der Waals surface area contributed by atoms with Gasteiger partial charge in [-0.1, -0.05) is 18.2 Å². The number of amides is 1. The van der Waals surface area contributed by atoms with Gasteiger partial charge in [0, 0.05) is 13.1 Å². The second-order valence-corrected chi connectivity index (χ2v) is 6.35. The summed E-state index contributed by atoms with van der Waals surface area (Å²) in [6, 6.07) is 15.7. The minimum absolute atomic E-state index is 0.160. The van der Waals surface area contributed by atoms with Crippen LogP contribution in [0, 0.1) is 11.3 Å². The van der Waals surface area contributed by atoms with Crippen molar-refractivity contribution >= 4 is 16.9 Å². The number of rotatable bonds is 3. The first-order valence-electron chi connectivity index (χ1n) is 8.48. The number of fused-ring (bicyclic) bond motifs is 1. The number of carbonyl (C=O) groups is 1. The number of imidazole rings is 1.